The number of halogens is 3. The van der Waals surface area contributed by atoms with Crippen LogP contribution in [-0.4, -0.2) is 5.78 Å². The third-order valence-electron chi connectivity index (χ3n) is 2.74. The molecule has 0 fully saturated rings. The van der Waals surface area contributed by atoms with Crippen molar-refractivity contribution in [2.45, 2.75) is 12.8 Å². The molecule has 2 rings (SSSR count). The van der Waals surface area contributed by atoms with Gasteiger partial charge in [0.05, 0.1) is 0 Å². The van der Waals surface area contributed by atoms with E-state index in [1.807, 2.05) is 18.2 Å². The van der Waals surface area contributed by atoms with E-state index in [2.05, 4.69) is 15.9 Å². The van der Waals surface area contributed by atoms with E-state index in [9.17, 15) is 9.18 Å². The normalized spacial score (nSPS) is 10.5. The van der Waals surface area contributed by atoms with Gasteiger partial charge in [0, 0.05) is 22.3 Å². The molecule has 0 amide bonds. The fourth-order valence-corrected chi connectivity index (χ4v) is 2.40. The van der Waals surface area contributed by atoms with Crippen LogP contribution in [0.5, 0.6) is 0 Å². The summed E-state index contributed by atoms with van der Waals surface area (Å²) in [6, 6.07) is 11.6. The summed E-state index contributed by atoms with van der Waals surface area (Å²) in [7, 11) is 0. The van der Waals surface area contributed by atoms with Gasteiger partial charge in [-0.1, -0.05) is 45.7 Å². The van der Waals surface area contributed by atoms with Crippen LogP contribution in [0.15, 0.2) is 46.9 Å². The molecule has 0 aliphatic heterocycles. The van der Waals surface area contributed by atoms with E-state index in [0.29, 0.717) is 10.6 Å². The summed E-state index contributed by atoms with van der Waals surface area (Å²) in [6.07, 6.45) is 0.437. The van der Waals surface area contributed by atoms with Crippen molar-refractivity contribution in [3.8, 4) is 0 Å². The minimum Gasteiger partial charge on any atom is -0.299 e. The quantitative estimate of drug-likeness (QED) is 0.794. The Bertz CT molecular complexity index is 613. The van der Waals surface area contributed by atoms with E-state index >= 15 is 0 Å². The van der Waals surface area contributed by atoms with Gasteiger partial charge >= 0.3 is 0 Å². The second-order valence-electron chi connectivity index (χ2n) is 4.22. The largest absolute Gasteiger partial charge is 0.299 e. The van der Waals surface area contributed by atoms with Crippen molar-refractivity contribution in [3.05, 3.63) is 68.9 Å². The van der Waals surface area contributed by atoms with Gasteiger partial charge in [-0.3, -0.25) is 4.79 Å². The number of carbonyl (C=O) groups excluding carboxylic acids is 1. The molecule has 98 valence electrons. The van der Waals surface area contributed by atoms with E-state index in [-0.39, 0.29) is 24.4 Å². The first-order valence-corrected chi connectivity index (χ1v) is 6.92. The maximum atomic E-state index is 13.1. The Balaban J connectivity index is 2.10. The van der Waals surface area contributed by atoms with Crippen LogP contribution in [0.4, 0.5) is 4.39 Å². The lowest BCUT2D eigenvalue weighted by atomic mass is 10.0. The molecule has 0 N–H and O–H groups in total. The highest BCUT2D eigenvalue weighted by atomic mass is 79.9. The predicted octanol–water partition coefficient (Wildman–Crippen LogP) is 4.60. The van der Waals surface area contributed by atoms with Crippen molar-refractivity contribution in [1.29, 1.82) is 0 Å². The summed E-state index contributed by atoms with van der Waals surface area (Å²) < 4.78 is 13.9. The van der Waals surface area contributed by atoms with Crippen molar-refractivity contribution in [2.24, 2.45) is 0 Å². The van der Waals surface area contributed by atoms with Crippen molar-refractivity contribution < 1.29 is 9.18 Å². The molecule has 0 radical (unpaired) electrons. The molecule has 2 aromatic carbocycles. The molecule has 0 spiro atoms. The average molecular weight is 342 g/mol. The maximum Gasteiger partial charge on any atom is 0.141 e. The van der Waals surface area contributed by atoms with Gasteiger partial charge in [0.2, 0.25) is 0 Å². The van der Waals surface area contributed by atoms with Crippen LogP contribution in [0.1, 0.15) is 11.1 Å². The lowest BCUT2D eigenvalue weighted by molar-refractivity contribution is -0.117. The highest BCUT2D eigenvalue weighted by Gasteiger charge is 2.10. The number of Topliss-reactive ketones (excluding diaryl/α,β-unsaturated/α-hetero) is 1. The van der Waals surface area contributed by atoms with Gasteiger partial charge in [-0.15, -0.1) is 0 Å². The minimum atomic E-state index is -0.344. The lowest BCUT2D eigenvalue weighted by Crippen LogP contribution is -2.07. The number of benzene rings is 2. The number of hydrogen-bond acceptors (Lipinski definition) is 1. The fraction of sp³-hybridized carbons (Fsp3) is 0.133. The summed E-state index contributed by atoms with van der Waals surface area (Å²) >= 11 is 9.32. The summed E-state index contributed by atoms with van der Waals surface area (Å²) in [6.45, 7) is 0. The van der Waals surface area contributed by atoms with E-state index in [4.69, 9.17) is 11.6 Å². The number of rotatable bonds is 4. The fourth-order valence-electron chi connectivity index (χ4n) is 1.81. The second-order valence-corrected chi connectivity index (χ2v) is 5.48. The molecular formula is C15H11BrClFO. The maximum absolute atomic E-state index is 13.1. The van der Waals surface area contributed by atoms with E-state index in [0.717, 1.165) is 10.0 Å². The van der Waals surface area contributed by atoms with Crippen LogP contribution in [0.2, 0.25) is 5.02 Å². The average Bonchev–Trinajstić information content (AvgIpc) is 2.37. The Hall–Kier alpha value is -1.19. The zero-order valence-electron chi connectivity index (χ0n) is 10.00. The first-order valence-electron chi connectivity index (χ1n) is 5.75. The third kappa shape index (κ3) is 3.88. The predicted molar refractivity (Wildman–Crippen MR) is 78.0 cm³/mol. The van der Waals surface area contributed by atoms with Gasteiger partial charge in [-0.05, 0) is 35.4 Å². The monoisotopic (exact) mass is 340 g/mol. The summed E-state index contributed by atoms with van der Waals surface area (Å²) in [5.41, 5.74) is 1.44. The Morgan fingerprint density at radius 1 is 1.11 bits per heavy atom. The van der Waals surface area contributed by atoms with Crippen LogP contribution >= 0.6 is 27.5 Å². The molecule has 0 bridgehead atoms. The standard InChI is InChI=1S/C15H11BrClFO/c16-14-6-5-12(18)7-11(14)9-13(19)8-10-3-1-2-4-15(10)17/h1-7H,8-9H2. The molecule has 19 heavy (non-hydrogen) atoms. The van der Waals surface area contributed by atoms with Gasteiger partial charge < -0.3 is 0 Å². The molecule has 0 saturated heterocycles. The van der Waals surface area contributed by atoms with Gasteiger partial charge in [0.15, 0.2) is 0 Å². The van der Waals surface area contributed by atoms with Gasteiger partial charge in [0.1, 0.15) is 11.6 Å². The SMILES string of the molecule is O=C(Cc1ccccc1Cl)Cc1cc(F)ccc1Br. The Kier molecular flexibility index (Phi) is 4.72. The molecule has 0 saturated carbocycles. The molecule has 1 nitrogen and oxygen atoms in total. The second kappa shape index (κ2) is 6.31. The van der Waals surface area contributed by atoms with Crippen LogP contribution in [0.3, 0.4) is 0 Å². The smallest absolute Gasteiger partial charge is 0.141 e. The van der Waals surface area contributed by atoms with Crippen molar-refractivity contribution in [2.75, 3.05) is 0 Å². The van der Waals surface area contributed by atoms with Crippen LogP contribution in [0, 0.1) is 5.82 Å². The van der Waals surface area contributed by atoms with E-state index < -0.39 is 0 Å². The molecule has 0 unspecified atom stereocenters. The highest BCUT2D eigenvalue weighted by Crippen LogP contribution is 2.20. The topological polar surface area (TPSA) is 17.1 Å². The molecule has 0 aromatic heterocycles. The van der Waals surface area contributed by atoms with Gasteiger partial charge in [0.25, 0.3) is 0 Å². The molecule has 0 heterocycles. The van der Waals surface area contributed by atoms with Gasteiger partial charge in [-0.2, -0.15) is 0 Å². The Labute approximate surface area is 124 Å². The zero-order valence-corrected chi connectivity index (χ0v) is 12.3. The summed E-state index contributed by atoms with van der Waals surface area (Å²) in [4.78, 5) is 12.0. The summed E-state index contributed by atoms with van der Waals surface area (Å²) in [5, 5.41) is 0.578. The zero-order chi connectivity index (χ0) is 13.8. The molecule has 0 aliphatic rings. The van der Waals surface area contributed by atoms with Gasteiger partial charge in [-0.25, -0.2) is 4.39 Å². The Morgan fingerprint density at radius 2 is 1.79 bits per heavy atom. The highest BCUT2D eigenvalue weighted by molar-refractivity contribution is 9.10. The summed E-state index contributed by atoms with van der Waals surface area (Å²) in [5.74, 6) is -0.344. The molecule has 0 aliphatic carbocycles. The van der Waals surface area contributed by atoms with Crippen molar-refractivity contribution in [1.82, 2.24) is 0 Å². The Morgan fingerprint density at radius 3 is 2.53 bits per heavy atom. The lowest BCUT2D eigenvalue weighted by Gasteiger charge is -2.06. The number of carbonyl (C=O) groups is 1. The molecule has 0 atom stereocenters. The van der Waals surface area contributed by atoms with E-state index in [1.165, 1.54) is 12.1 Å². The van der Waals surface area contributed by atoms with E-state index in [1.54, 1.807) is 12.1 Å². The molecule has 4 heteroatoms. The molecule has 2 aromatic rings. The van der Waals surface area contributed by atoms with Crippen LogP contribution < -0.4 is 0 Å². The van der Waals surface area contributed by atoms with Crippen molar-refractivity contribution in [3.63, 3.8) is 0 Å². The van der Waals surface area contributed by atoms with Crippen LogP contribution in [0.25, 0.3) is 0 Å². The number of ketones is 1. The third-order valence-corrected chi connectivity index (χ3v) is 3.88. The van der Waals surface area contributed by atoms with Crippen LogP contribution in [-0.2, 0) is 17.6 Å². The minimum absolute atomic E-state index is 0.000556. The first-order chi connectivity index (χ1) is 9.06. The number of hydrogen-bond donors (Lipinski definition) is 0. The first kappa shape index (κ1) is 14.2. The molecular weight excluding hydrogens is 331 g/mol. The van der Waals surface area contributed by atoms with Crippen molar-refractivity contribution >= 4 is 33.3 Å².